The molecule has 0 atom stereocenters. The Morgan fingerprint density at radius 2 is 2.11 bits per heavy atom. The van der Waals surface area contributed by atoms with Gasteiger partial charge in [-0.25, -0.2) is 9.97 Å². The summed E-state index contributed by atoms with van der Waals surface area (Å²) in [6.45, 7) is 0.370. The fourth-order valence-corrected chi connectivity index (χ4v) is 1.34. The van der Waals surface area contributed by atoms with Gasteiger partial charge in [0.15, 0.2) is 0 Å². The zero-order chi connectivity index (χ0) is 12.8. The molecule has 92 valence electrons. The smallest absolute Gasteiger partial charge is 0.271 e. The van der Waals surface area contributed by atoms with Gasteiger partial charge in [-0.15, -0.1) is 0 Å². The van der Waals surface area contributed by atoms with Gasteiger partial charge in [-0.2, -0.15) is 0 Å². The van der Waals surface area contributed by atoms with E-state index in [-0.39, 0.29) is 11.6 Å². The number of carbonyl (C=O) groups excluding carboxylic acids is 1. The van der Waals surface area contributed by atoms with Crippen molar-refractivity contribution >= 4 is 11.7 Å². The third-order valence-corrected chi connectivity index (χ3v) is 2.30. The number of nitrogens with one attached hydrogen (secondary N) is 2. The maximum absolute atomic E-state index is 11.8. The number of anilines is 1. The van der Waals surface area contributed by atoms with E-state index in [1.54, 1.807) is 13.2 Å². The molecule has 2 N–H and O–H groups in total. The largest absolute Gasteiger partial charge is 0.372 e. The average molecular weight is 243 g/mol. The molecule has 0 radical (unpaired) electrons. The minimum Gasteiger partial charge on any atom is -0.372 e. The Kier molecular flexibility index (Phi) is 3.80. The SMILES string of the molecule is CNc1cnc(C(=O)NCc2ccccn2)cn1. The van der Waals surface area contributed by atoms with E-state index in [4.69, 9.17) is 0 Å². The highest BCUT2D eigenvalue weighted by molar-refractivity contribution is 5.91. The van der Waals surface area contributed by atoms with Gasteiger partial charge in [-0.05, 0) is 12.1 Å². The second-order valence-electron chi connectivity index (χ2n) is 3.54. The molecule has 2 aromatic heterocycles. The minimum atomic E-state index is -0.268. The van der Waals surface area contributed by atoms with Crippen LogP contribution in [0, 0.1) is 0 Å². The molecule has 0 bridgehead atoms. The van der Waals surface area contributed by atoms with Crippen LogP contribution >= 0.6 is 0 Å². The first-order chi connectivity index (χ1) is 8.79. The van der Waals surface area contributed by atoms with E-state index < -0.39 is 0 Å². The van der Waals surface area contributed by atoms with Crippen LogP contribution in [0.2, 0.25) is 0 Å². The number of nitrogens with zero attached hydrogens (tertiary/aromatic N) is 3. The number of rotatable bonds is 4. The predicted octanol–water partition coefficient (Wildman–Crippen LogP) is 0.843. The molecule has 2 rings (SSSR count). The Hall–Kier alpha value is -2.50. The first-order valence-corrected chi connectivity index (χ1v) is 5.47. The lowest BCUT2D eigenvalue weighted by Gasteiger charge is -2.04. The van der Waals surface area contributed by atoms with E-state index >= 15 is 0 Å². The fraction of sp³-hybridized carbons (Fsp3) is 0.167. The van der Waals surface area contributed by atoms with Crippen LogP contribution in [0.25, 0.3) is 0 Å². The van der Waals surface area contributed by atoms with Gasteiger partial charge in [0.1, 0.15) is 11.5 Å². The molecule has 2 heterocycles. The summed E-state index contributed by atoms with van der Waals surface area (Å²) in [5.41, 5.74) is 1.08. The highest BCUT2D eigenvalue weighted by Crippen LogP contribution is 2.00. The van der Waals surface area contributed by atoms with Crippen molar-refractivity contribution in [3.63, 3.8) is 0 Å². The van der Waals surface area contributed by atoms with Crippen LogP contribution in [0.1, 0.15) is 16.2 Å². The van der Waals surface area contributed by atoms with Crippen molar-refractivity contribution in [1.29, 1.82) is 0 Å². The number of hydrogen-bond donors (Lipinski definition) is 2. The normalized spacial score (nSPS) is 9.83. The van der Waals surface area contributed by atoms with Crippen molar-refractivity contribution in [1.82, 2.24) is 20.3 Å². The summed E-state index contributed by atoms with van der Waals surface area (Å²) in [4.78, 5) is 23.9. The van der Waals surface area contributed by atoms with Gasteiger partial charge >= 0.3 is 0 Å². The molecule has 0 saturated heterocycles. The topological polar surface area (TPSA) is 79.8 Å². The summed E-state index contributed by atoms with van der Waals surface area (Å²) in [7, 11) is 1.74. The second-order valence-corrected chi connectivity index (χ2v) is 3.54. The van der Waals surface area contributed by atoms with Crippen LogP contribution < -0.4 is 10.6 Å². The highest BCUT2D eigenvalue weighted by atomic mass is 16.1. The number of aromatic nitrogens is 3. The van der Waals surface area contributed by atoms with Gasteiger partial charge in [-0.3, -0.25) is 9.78 Å². The number of carbonyl (C=O) groups is 1. The Labute approximate surface area is 105 Å². The average Bonchev–Trinajstić information content (AvgIpc) is 2.46. The first-order valence-electron chi connectivity index (χ1n) is 5.47. The molecule has 6 heteroatoms. The lowest BCUT2D eigenvalue weighted by Crippen LogP contribution is -2.24. The van der Waals surface area contributed by atoms with E-state index in [0.717, 1.165) is 5.69 Å². The molecule has 0 fully saturated rings. The van der Waals surface area contributed by atoms with Crippen molar-refractivity contribution in [2.24, 2.45) is 0 Å². The fourth-order valence-electron chi connectivity index (χ4n) is 1.34. The van der Waals surface area contributed by atoms with Gasteiger partial charge in [0.25, 0.3) is 5.91 Å². The van der Waals surface area contributed by atoms with Crippen LogP contribution in [-0.4, -0.2) is 27.9 Å². The van der Waals surface area contributed by atoms with E-state index in [9.17, 15) is 4.79 Å². The zero-order valence-corrected chi connectivity index (χ0v) is 9.92. The Morgan fingerprint density at radius 3 is 2.72 bits per heavy atom. The molecule has 6 nitrogen and oxygen atoms in total. The quantitative estimate of drug-likeness (QED) is 0.832. The Morgan fingerprint density at radius 1 is 1.22 bits per heavy atom. The van der Waals surface area contributed by atoms with Crippen LogP contribution in [0.15, 0.2) is 36.8 Å². The van der Waals surface area contributed by atoms with Gasteiger partial charge in [-0.1, -0.05) is 6.07 Å². The number of pyridine rings is 1. The van der Waals surface area contributed by atoms with Gasteiger partial charge in [0.2, 0.25) is 0 Å². The van der Waals surface area contributed by atoms with Gasteiger partial charge in [0.05, 0.1) is 24.6 Å². The summed E-state index contributed by atoms with van der Waals surface area (Å²) in [6.07, 6.45) is 4.62. The Balaban J connectivity index is 1.95. The summed E-state index contributed by atoms with van der Waals surface area (Å²) in [5.74, 6) is 0.354. The zero-order valence-electron chi connectivity index (χ0n) is 9.92. The Bertz CT molecular complexity index is 512. The first kappa shape index (κ1) is 12.0. The monoisotopic (exact) mass is 243 g/mol. The molecule has 0 unspecified atom stereocenters. The van der Waals surface area contributed by atoms with E-state index in [1.165, 1.54) is 12.4 Å². The lowest BCUT2D eigenvalue weighted by atomic mass is 10.3. The predicted molar refractivity (Wildman–Crippen MR) is 67.0 cm³/mol. The van der Waals surface area contributed by atoms with Crippen LogP contribution in [-0.2, 0) is 6.54 Å². The van der Waals surface area contributed by atoms with E-state index in [2.05, 4.69) is 25.6 Å². The molecular formula is C12H13N5O. The molecule has 0 aromatic carbocycles. The van der Waals surface area contributed by atoms with Gasteiger partial charge < -0.3 is 10.6 Å². The summed E-state index contributed by atoms with van der Waals surface area (Å²) < 4.78 is 0. The summed E-state index contributed by atoms with van der Waals surface area (Å²) in [5, 5.41) is 5.56. The third kappa shape index (κ3) is 3.00. The minimum absolute atomic E-state index is 0.268. The van der Waals surface area contributed by atoms with Crippen LogP contribution in [0.5, 0.6) is 0 Å². The summed E-state index contributed by atoms with van der Waals surface area (Å²) >= 11 is 0. The van der Waals surface area contributed by atoms with Crippen LogP contribution in [0.4, 0.5) is 5.82 Å². The maximum atomic E-state index is 11.8. The van der Waals surface area contributed by atoms with Crippen molar-refractivity contribution in [2.75, 3.05) is 12.4 Å². The molecule has 0 spiro atoms. The molecule has 1 amide bonds. The van der Waals surface area contributed by atoms with Gasteiger partial charge in [0, 0.05) is 13.2 Å². The van der Waals surface area contributed by atoms with Crippen molar-refractivity contribution < 1.29 is 4.79 Å². The van der Waals surface area contributed by atoms with Crippen molar-refractivity contribution in [2.45, 2.75) is 6.54 Å². The molecule has 0 aliphatic carbocycles. The highest BCUT2D eigenvalue weighted by Gasteiger charge is 2.07. The summed E-state index contributed by atoms with van der Waals surface area (Å²) in [6, 6.07) is 5.54. The standard InChI is InChI=1S/C12H13N5O/c1-13-11-8-15-10(7-16-11)12(18)17-6-9-4-2-3-5-14-9/h2-5,7-8H,6H2,1H3,(H,13,16)(H,17,18). The van der Waals surface area contributed by atoms with E-state index in [0.29, 0.717) is 12.4 Å². The molecule has 0 aliphatic rings. The van der Waals surface area contributed by atoms with Crippen molar-refractivity contribution in [3.8, 4) is 0 Å². The van der Waals surface area contributed by atoms with Crippen molar-refractivity contribution in [3.05, 3.63) is 48.2 Å². The molecule has 0 saturated carbocycles. The number of hydrogen-bond acceptors (Lipinski definition) is 5. The van der Waals surface area contributed by atoms with Crippen LogP contribution in [0.3, 0.4) is 0 Å². The second kappa shape index (κ2) is 5.72. The molecule has 0 aliphatic heterocycles. The maximum Gasteiger partial charge on any atom is 0.271 e. The molecule has 2 aromatic rings. The number of amides is 1. The molecule has 18 heavy (non-hydrogen) atoms. The van der Waals surface area contributed by atoms with E-state index in [1.807, 2.05) is 18.2 Å². The molecular weight excluding hydrogens is 230 g/mol. The lowest BCUT2D eigenvalue weighted by molar-refractivity contribution is 0.0945. The third-order valence-electron chi connectivity index (χ3n) is 2.30.